The number of nitrogens with zero attached hydrogens (tertiary/aromatic N) is 2. The first kappa shape index (κ1) is 19.7. The number of nitrogens with one attached hydrogen (secondary N) is 1. The summed E-state index contributed by atoms with van der Waals surface area (Å²) in [6.45, 7) is 5.52. The zero-order chi connectivity index (χ0) is 18.7. The summed E-state index contributed by atoms with van der Waals surface area (Å²) in [5.41, 5.74) is 3.96. The van der Waals surface area contributed by atoms with Crippen molar-refractivity contribution in [1.29, 1.82) is 0 Å². The van der Waals surface area contributed by atoms with E-state index >= 15 is 0 Å². The largest absolute Gasteiger partial charge is 0.742 e. The Hall–Kier alpha value is -1.06. The van der Waals surface area contributed by atoms with E-state index in [0.29, 0.717) is 13.1 Å². The molecule has 0 aromatic rings. The van der Waals surface area contributed by atoms with E-state index in [2.05, 4.69) is 16.0 Å². The molecule has 26 heavy (non-hydrogen) atoms. The molecule has 4 rings (SSSR count). The van der Waals surface area contributed by atoms with Gasteiger partial charge < -0.3 is 43.0 Å². The maximum Gasteiger partial charge on any atom is 0.229 e. The summed E-state index contributed by atoms with van der Waals surface area (Å²) >= 11 is 4.79. The lowest BCUT2D eigenvalue weighted by atomic mass is 9.82. The van der Waals surface area contributed by atoms with Gasteiger partial charge in [0.1, 0.15) is 0 Å². The number of likely N-dealkylation sites (N-methyl/N-ethyl adjacent to an activating group) is 1. The average Bonchev–Trinajstić information content (AvgIpc) is 3.24. The van der Waals surface area contributed by atoms with E-state index in [-0.39, 0.29) is 23.2 Å². The molecule has 4 N–H and O–H groups in total. The lowest BCUT2D eigenvalue weighted by molar-refractivity contribution is -0.423. The van der Waals surface area contributed by atoms with Gasteiger partial charge in [0.05, 0.1) is 24.2 Å². The van der Waals surface area contributed by atoms with Gasteiger partial charge in [-0.2, -0.15) is 0 Å². The molecule has 0 aliphatic carbocycles. The summed E-state index contributed by atoms with van der Waals surface area (Å²) in [4.78, 5) is 28.2. The minimum absolute atomic E-state index is 0.0214. The number of ether oxygens (including phenoxy) is 1. The highest BCUT2D eigenvalue weighted by molar-refractivity contribution is 7.77. The fourth-order valence-corrected chi connectivity index (χ4v) is 4.28. The Labute approximate surface area is 160 Å². The highest BCUT2D eigenvalue weighted by atomic mass is 32.1. The van der Waals surface area contributed by atoms with Crippen molar-refractivity contribution in [2.75, 3.05) is 46.3 Å². The van der Waals surface area contributed by atoms with E-state index in [1.807, 2.05) is 24.1 Å². The van der Waals surface area contributed by atoms with Crippen LogP contribution in [0.15, 0.2) is 12.2 Å². The van der Waals surface area contributed by atoms with Crippen molar-refractivity contribution < 1.29 is 20.1 Å². The van der Waals surface area contributed by atoms with Crippen LogP contribution in [0.4, 0.5) is 0 Å². The predicted molar refractivity (Wildman–Crippen MR) is 100 cm³/mol. The monoisotopic (exact) mass is 382 g/mol. The molecule has 2 unspecified atom stereocenters. The molecule has 4 aliphatic rings. The van der Waals surface area contributed by atoms with Crippen molar-refractivity contribution >= 4 is 23.7 Å². The van der Waals surface area contributed by atoms with Crippen LogP contribution in [0, 0.1) is 11.8 Å². The zero-order valence-electron chi connectivity index (χ0n) is 15.4. The van der Waals surface area contributed by atoms with Crippen LogP contribution in [0.3, 0.4) is 0 Å². The SMILES string of the molecule is CN1CCN(C(=O)C2C(C(=O)[S-])[C@H]3C=C[C@@H]2O3)CC1.[NH3+]C1CCNCC1. The molecule has 0 spiro atoms. The molecule has 2 bridgehead atoms. The molecule has 0 aromatic heterocycles. The third-order valence-electron chi connectivity index (χ3n) is 5.73. The van der Waals surface area contributed by atoms with Crippen molar-refractivity contribution in [2.24, 2.45) is 11.8 Å². The van der Waals surface area contributed by atoms with Crippen LogP contribution in [-0.4, -0.2) is 85.4 Å². The first-order chi connectivity index (χ1) is 12.5. The van der Waals surface area contributed by atoms with Gasteiger partial charge in [0.25, 0.3) is 0 Å². The van der Waals surface area contributed by atoms with Crippen LogP contribution in [0.2, 0.25) is 0 Å². The highest BCUT2D eigenvalue weighted by Gasteiger charge is 2.51. The van der Waals surface area contributed by atoms with Gasteiger partial charge in [-0.05, 0) is 7.05 Å². The third kappa shape index (κ3) is 4.43. The number of piperidine rings is 1. The molecule has 7 nitrogen and oxygen atoms in total. The van der Waals surface area contributed by atoms with Gasteiger partial charge in [0.15, 0.2) is 0 Å². The van der Waals surface area contributed by atoms with Crippen molar-refractivity contribution in [2.45, 2.75) is 31.1 Å². The minimum atomic E-state index is -0.475. The maximum atomic E-state index is 12.6. The van der Waals surface area contributed by atoms with Crippen LogP contribution >= 0.6 is 0 Å². The number of piperazine rings is 1. The Bertz CT molecular complexity index is 545. The summed E-state index contributed by atoms with van der Waals surface area (Å²) in [5.74, 6) is -0.867. The van der Waals surface area contributed by atoms with Crippen LogP contribution in [0.1, 0.15) is 12.8 Å². The fraction of sp³-hybridized carbons (Fsp3) is 0.778. The number of fused-ring (bicyclic) bond motifs is 2. The van der Waals surface area contributed by atoms with Crippen molar-refractivity contribution in [1.82, 2.24) is 15.1 Å². The van der Waals surface area contributed by atoms with Crippen molar-refractivity contribution in [3.05, 3.63) is 12.2 Å². The molecule has 4 atom stereocenters. The molecule has 146 valence electrons. The van der Waals surface area contributed by atoms with E-state index in [9.17, 15) is 9.59 Å². The molecule has 0 aromatic carbocycles. The molecule has 8 heteroatoms. The average molecular weight is 383 g/mol. The molecule has 1 amide bonds. The lowest BCUT2D eigenvalue weighted by Gasteiger charge is -2.36. The molecule has 0 saturated carbocycles. The number of carbonyl (C=O) groups excluding carboxylic acids is 2. The van der Waals surface area contributed by atoms with Crippen molar-refractivity contribution in [3.8, 4) is 0 Å². The molecule has 3 saturated heterocycles. The second-order valence-corrected chi connectivity index (χ2v) is 8.05. The van der Waals surface area contributed by atoms with Crippen molar-refractivity contribution in [3.63, 3.8) is 0 Å². The zero-order valence-corrected chi connectivity index (χ0v) is 16.2. The predicted octanol–water partition coefficient (Wildman–Crippen LogP) is -1.62. The number of carbonyl (C=O) groups is 2. The molecule has 3 fully saturated rings. The topological polar surface area (TPSA) is 89.5 Å². The molecular formula is C18H30N4O3S. The van der Waals surface area contributed by atoms with Gasteiger partial charge in [-0.3, -0.25) is 4.79 Å². The van der Waals surface area contributed by atoms with Crippen LogP contribution in [0.5, 0.6) is 0 Å². The van der Waals surface area contributed by atoms with E-state index in [1.165, 1.54) is 25.9 Å². The van der Waals surface area contributed by atoms with E-state index in [0.717, 1.165) is 19.1 Å². The Morgan fingerprint density at radius 3 is 2.15 bits per heavy atom. The number of hydrogen-bond acceptors (Lipinski definition) is 6. The van der Waals surface area contributed by atoms with Gasteiger partial charge in [0.2, 0.25) is 5.91 Å². The normalized spacial score (nSPS) is 34.5. The number of hydrogen-bond donors (Lipinski definition) is 2. The second-order valence-electron chi connectivity index (χ2n) is 7.64. The first-order valence-corrected chi connectivity index (χ1v) is 9.94. The molecule has 4 aliphatic heterocycles. The smallest absolute Gasteiger partial charge is 0.229 e. The highest BCUT2D eigenvalue weighted by Crippen LogP contribution is 2.40. The summed E-state index contributed by atoms with van der Waals surface area (Å²) in [5, 5.41) is 2.92. The Balaban J connectivity index is 0.000000236. The van der Waals surface area contributed by atoms with Crippen LogP contribution < -0.4 is 11.1 Å². The van der Waals surface area contributed by atoms with Gasteiger partial charge in [-0.1, -0.05) is 12.2 Å². The quantitative estimate of drug-likeness (QED) is 0.441. The van der Waals surface area contributed by atoms with E-state index in [1.54, 1.807) is 0 Å². The summed E-state index contributed by atoms with van der Waals surface area (Å²) in [6, 6.07) is 0.723. The van der Waals surface area contributed by atoms with E-state index < -0.39 is 11.8 Å². The Morgan fingerprint density at radius 1 is 1.08 bits per heavy atom. The number of rotatable bonds is 2. The van der Waals surface area contributed by atoms with Gasteiger partial charge in [-0.25, -0.2) is 0 Å². The van der Waals surface area contributed by atoms with Crippen LogP contribution in [0.25, 0.3) is 0 Å². The Morgan fingerprint density at radius 2 is 1.65 bits per heavy atom. The Kier molecular flexibility index (Phi) is 6.63. The molecular weight excluding hydrogens is 352 g/mol. The second kappa shape index (κ2) is 8.75. The fourth-order valence-electron chi connectivity index (χ4n) is 4.00. The van der Waals surface area contributed by atoms with Gasteiger partial charge in [-0.15, -0.1) is 0 Å². The third-order valence-corrected chi connectivity index (χ3v) is 6.00. The van der Waals surface area contributed by atoms with Gasteiger partial charge in [0, 0.05) is 63.1 Å². The number of quaternary nitrogens is 1. The molecule has 0 radical (unpaired) electrons. The first-order valence-electron chi connectivity index (χ1n) is 9.53. The van der Waals surface area contributed by atoms with Crippen LogP contribution in [-0.2, 0) is 27.0 Å². The van der Waals surface area contributed by atoms with E-state index in [4.69, 9.17) is 17.4 Å². The lowest BCUT2D eigenvalue weighted by Crippen LogP contribution is -2.63. The van der Waals surface area contributed by atoms with Gasteiger partial charge >= 0.3 is 0 Å². The minimum Gasteiger partial charge on any atom is -0.742 e. The summed E-state index contributed by atoms with van der Waals surface area (Å²) in [7, 11) is 2.04. The maximum absolute atomic E-state index is 12.6. The standard InChI is InChI=1S/C13H18N2O3S.C5H12N2/c1-14-4-6-15(7-5-14)12(16)10-8-2-3-9(18-8)11(10)13(17)19;6-5-1-3-7-4-2-5/h2-3,8-11H,4-7H2,1H3,(H,17,19);5,7H,1-4,6H2/t8-,9+,10?,11?;/m0./s1. The molecule has 4 heterocycles. The summed E-state index contributed by atoms with van der Waals surface area (Å²) in [6.07, 6.45) is 5.70. The summed E-state index contributed by atoms with van der Waals surface area (Å²) < 4.78 is 5.64. The number of amides is 1.